The van der Waals surface area contributed by atoms with Crippen LogP contribution in [0.2, 0.25) is 5.02 Å². The summed E-state index contributed by atoms with van der Waals surface area (Å²) in [4.78, 5) is 8.76. The predicted molar refractivity (Wildman–Crippen MR) is 78.1 cm³/mol. The SMILES string of the molecule is CC(Cl)c1nc2cc(Cl)cnc2n1-c1ccc(F)cc1. The van der Waals surface area contributed by atoms with E-state index in [1.54, 1.807) is 24.4 Å². The van der Waals surface area contributed by atoms with Crippen molar-refractivity contribution < 1.29 is 4.39 Å². The van der Waals surface area contributed by atoms with Crippen molar-refractivity contribution in [3.8, 4) is 5.69 Å². The zero-order valence-corrected chi connectivity index (χ0v) is 12.0. The molecule has 20 heavy (non-hydrogen) atoms. The number of halogens is 3. The maximum Gasteiger partial charge on any atom is 0.164 e. The van der Waals surface area contributed by atoms with Crippen molar-refractivity contribution in [1.82, 2.24) is 14.5 Å². The Labute approximate surface area is 125 Å². The van der Waals surface area contributed by atoms with Crippen LogP contribution in [-0.2, 0) is 0 Å². The molecule has 1 atom stereocenters. The van der Waals surface area contributed by atoms with E-state index in [0.717, 1.165) is 5.69 Å². The fourth-order valence-electron chi connectivity index (χ4n) is 2.07. The summed E-state index contributed by atoms with van der Waals surface area (Å²) >= 11 is 12.1. The van der Waals surface area contributed by atoms with Crippen molar-refractivity contribution in [3.05, 3.63) is 53.2 Å². The average Bonchev–Trinajstić information content (AvgIpc) is 2.78. The highest BCUT2D eigenvalue weighted by Gasteiger charge is 2.17. The number of pyridine rings is 1. The smallest absolute Gasteiger partial charge is 0.164 e. The number of imidazole rings is 1. The molecule has 0 aliphatic carbocycles. The van der Waals surface area contributed by atoms with Crippen molar-refractivity contribution in [1.29, 1.82) is 0 Å². The Balaban J connectivity index is 2.31. The van der Waals surface area contributed by atoms with Crippen LogP contribution in [0, 0.1) is 5.82 Å². The van der Waals surface area contributed by atoms with E-state index >= 15 is 0 Å². The summed E-state index contributed by atoms with van der Waals surface area (Å²) in [7, 11) is 0. The summed E-state index contributed by atoms with van der Waals surface area (Å²) in [5.74, 6) is 0.345. The lowest BCUT2D eigenvalue weighted by Gasteiger charge is -2.09. The van der Waals surface area contributed by atoms with Crippen molar-refractivity contribution >= 4 is 34.4 Å². The molecule has 0 bridgehead atoms. The first kappa shape index (κ1) is 13.3. The second-order valence-corrected chi connectivity index (χ2v) is 5.49. The average molecular weight is 310 g/mol. The third-order valence-corrected chi connectivity index (χ3v) is 3.33. The van der Waals surface area contributed by atoms with E-state index in [0.29, 0.717) is 22.0 Å². The zero-order chi connectivity index (χ0) is 14.3. The second kappa shape index (κ2) is 5.04. The van der Waals surface area contributed by atoms with Gasteiger partial charge in [-0.25, -0.2) is 14.4 Å². The number of nitrogens with zero attached hydrogens (tertiary/aromatic N) is 3. The Kier molecular flexibility index (Phi) is 3.36. The van der Waals surface area contributed by atoms with E-state index in [4.69, 9.17) is 23.2 Å². The first-order valence-electron chi connectivity index (χ1n) is 6.00. The highest BCUT2D eigenvalue weighted by Crippen LogP contribution is 2.28. The molecule has 0 aliphatic heterocycles. The Morgan fingerprint density at radius 1 is 1.25 bits per heavy atom. The summed E-state index contributed by atoms with van der Waals surface area (Å²) < 4.78 is 14.9. The fourth-order valence-corrected chi connectivity index (χ4v) is 2.37. The Morgan fingerprint density at radius 2 is 1.95 bits per heavy atom. The summed E-state index contributed by atoms with van der Waals surface area (Å²) in [6.07, 6.45) is 1.55. The largest absolute Gasteiger partial charge is 0.279 e. The quantitative estimate of drug-likeness (QED) is 0.652. The summed E-state index contributed by atoms with van der Waals surface area (Å²) in [5, 5.41) is 0.197. The number of hydrogen-bond acceptors (Lipinski definition) is 2. The fraction of sp³-hybridized carbons (Fsp3) is 0.143. The van der Waals surface area contributed by atoms with Crippen LogP contribution in [0.25, 0.3) is 16.9 Å². The van der Waals surface area contributed by atoms with Gasteiger partial charge >= 0.3 is 0 Å². The lowest BCUT2D eigenvalue weighted by molar-refractivity contribution is 0.627. The standard InChI is InChI=1S/C14H10Cl2FN3/c1-8(15)13-19-12-6-9(16)7-18-14(12)20(13)11-4-2-10(17)3-5-11/h2-8H,1H3. The van der Waals surface area contributed by atoms with Crippen molar-refractivity contribution in [3.63, 3.8) is 0 Å². The molecule has 3 aromatic rings. The third-order valence-electron chi connectivity index (χ3n) is 2.93. The summed E-state index contributed by atoms with van der Waals surface area (Å²) in [5.41, 5.74) is 2.05. The van der Waals surface area contributed by atoms with Gasteiger partial charge in [-0.05, 0) is 37.3 Å². The molecule has 2 heterocycles. The van der Waals surface area contributed by atoms with Crippen LogP contribution in [0.5, 0.6) is 0 Å². The van der Waals surface area contributed by atoms with Crippen molar-refractivity contribution in [2.75, 3.05) is 0 Å². The normalized spacial score (nSPS) is 12.8. The topological polar surface area (TPSA) is 30.7 Å². The number of rotatable bonds is 2. The Morgan fingerprint density at radius 3 is 2.60 bits per heavy atom. The lowest BCUT2D eigenvalue weighted by atomic mass is 10.3. The molecule has 0 radical (unpaired) electrons. The number of hydrogen-bond donors (Lipinski definition) is 0. The molecular weight excluding hydrogens is 300 g/mol. The molecule has 0 amide bonds. The molecule has 2 aromatic heterocycles. The minimum Gasteiger partial charge on any atom is -0.279 e. The van der Waals surface area contributed by atoms with Gasteiger partial charge in [0, 0.05) is 11.9 Å². The number of alkyl halides is 1. The van der Waals surface area contributed by atoms with Gasteiger partial charge in [0.25, 0.3) is 0 Å². The van der Waals surface area contributed by atoms with Crippen molar-refractivity contribution in [2.45, 2.75) is 12.3 Å². The van der Waals surface area contributed by atoms with Crippen LogP contribution in [0.15, 0.2) is 36.5 Å². The van der Waals surface area contributed by atoms with Crippen LogP contribution < -0.4 is 0 Å². The third kappa shape index (κ3) is 2.25. The molecule has 0 saturated heterocycles. The van der Waals surface area contributed by atoms with Gasteiger partial charge in [0.2, 0.25) is 0 Å². The monoisotopic (exact) mass is 309 g/mol. The molecular formula is C14H10Cl2FN3. The van der Waals surface area contributed by atoms with E-state index in [9.17, 15) is 4.39 Å². The van der Waals surface area contributed by atoms with Gasteiger partial charge in [0.15, 0.2) is 5.65 Å². The van der Waals surface area contributed by atoms with Gasteiger partial charge < -0.3 is 0 Å². The number of aromatic nitrogens is 3. The van der Waals surface area contributed by atoms with Crippen LogP contribution in [-0.4, -0.2) is 14.5 Å². The molecule has 6 heteroatoms. The van der Waals surface area contributed by atoms with Crippen LogP contribution >= 0.6 is 23.2 Å². The van der Waals surface area contributed by atoms with E-state index in [2.05, 4.69) is 9.97 Å². The van der Waals surface area contributed by atoms with Crippen LogP contribution in [0.4, 0.5) is 4.39 Å². The molecule has 1 aromatic carbocycles. The zero-order valence-electron chi connectivity index (χ0n) is 10.5. The van der Waals surface area contributed by atoms with Gasteiger partial charge in [0.05, 0.1) is 10.4 Å². The van der Waals surface area contributed by atoms with E-state index in [1.807, 2.05) is 11.5 Å². The lowest BCUT2D eigenvalue weighted by Crippen LogP contribution is -2.02. The first-order chi connectivity index (χ1) is 9.56. The first-order valence-corrected chi connectivity index (χ1v) is 6.81. The van der Waals surface area contributed by atoms with Crippen molar-refractivity contribution in [2.24, 2.45) is 0 Å². The molecule has 0 aliphatic rings. The molecule has 0 saturated carbocycles. The van der Waals surface area contributed by atoms with Gasteiger partial charge in [-0.3, -0.25) is 4.57 Å². The molecule has 0 N–H and O–H groups in total. The predicted octanol–water partition coefficient (Wildman–Crippen LogP) is 4.51. The number of fused-ring (bicyclic) bond motifs is 1. The molecule has 1 unspecified atom stereocenters. The maximum atomic E-state index is 13.1. The van der Waals surface area contributed by atoms with Gasteiger partial charge in [-0.15, -0.1) is 11.6 Å². The Bertz CT molecular complexity index is 766. The minimum atomic E-state index is -0.312. The van der Waals surface area contributed by atoms with E-state index in [-0.39, 0.29) is 11.2 Å². The molecule has 102 valence electrons. The number of benzene rings is 1. The molecule has 0 fully saturated rings. The van der Waals surface area contributed by atoms with Gasteiger partial charge in [-0.1, -0.05) is 11.6 Å². The maximum absolute atomic E-state index is 13.1. The second-order valence-electron chi connectivity index (χ2n) is 4.39. The van der Waals surface area contributed by atoms with E-state index < -0.39 is 0 Å². The van der Waals surface area contributed by atoms with Gasteiger partial charge in [-0.2, -0.15) is 0 Å². The highest BCUT2D eigenvalue weighted by molar-refractivity contribution is 6.31. The molecule has 3 nitrogen and oxygen atoms in total. The van der Waals surface area contributed by atoms with Crippen LogP contribution in [0.1, 0.15) is 18.1 Å². The summed E-state index contributed by atoms with van der Waals surface area (Å²) in [6, 6.07) is 7.83. The molecule has 3 rings (SSSR count). The van der Waals surface area contributed by atoms with Gasteiger partial charge in [0.1, 0.15) is 17.2 Å². The Hall–Kier alpha value is -1.65. The minimum absolute atomic E-state index is 0.297. The molecule has 0 spiro atoms. The van der Waals surface area contributed by atoms with E-state index in [1.165, 1.54) is 12.1 Å². The summed E-state index contributed by atoms with van der Waals surface area (Å²) in [6.45, 7) is 1.82. The van der Waals surface area contributed by atoms with Crippen LogP contribution in [0.3, 0.4) is 0 Å². The highest BCUT2D eigenvalue weighted by atomic mass is 35.5.